The smallest absolute Gasteiger partial charge is 0.255 e. The maximum atomic E-state index is 12.5. The van der Waals surface area contributed by atoms with Gasteiger partial charge in [0.1, 0.15) is 0 Å². The lowest BCUT2D eigenvalue weighted by molar-refractivity contribution is 0.102. The number of rotatable bonds is 6. The summed E-state index contributed by atoms with van der Waals surface area (Å²) in [6, 6.07) is 15.8. The van der Waals surface area contributed by atoms with E-state index in [1.54, 1.807) is 0 Å². The van der Waals surface area contributed by atoms with Crippen LogP contribution in [-0.4, -0.2) is 19.0 Å². The highest BCUT2D eigenvalue weighted by Crippen LogP contribution is 2.24. The molecule has 0 atom stereocenters. The Bertz CT molecular complexity index is 643. The average Bonchev–Trinajstić information content (AvgIpc) is 2.57. The number of carbonyl (C=O) groups is 1. The average molecular weight is 310 g/mol. The number of nitrogens with zero attached hydrogens (tertiary/aromatic N) is 1. The molecule has 3 heteroatoms. The Kier molecular flexibility index (Phi) is 5.80. The second kappa shape index (κ2) is 7.82. The van der Waals surface area contributed by atoms with Crippen molar-refractivity contribution in [3.8, 4) is 0 Å². The summed E-state index contributed by atoms with van der Waals surface area (Å²) in [4.78, 5) is 14.7. The summed E-state index contributed by atoms with van der Waals surface area (Å²) in [7, 11) is 0. The van der Waals surface area contributed by atoms with Gasteiger partial charge in [-0.25, -0.2) is 0 Å². The Labute approximate surface area is 139 Å². The number of carbonyl (C=O) groups excluding carboxylic acids is 1. The topological polar surface area (TPSA) is 32.3 Å². The SMILES string of the molecule is CCN(CC)c1ccc(C(=O)Nc2ccccc2C(C)C)cc1. The van der Waals surface area contributed by atoms with E-state index in [9.17, 15) is 4.79 Å². The van der Waals surface area contributed by atoms with Crippen LogP contribution in [0, 0.1) is 0 Å². The molecule has 23 heavy (non-hydrogen) atoms. The van der Waals surface area contributed by atoms with Gasteiger partial charge in [0.15, 0.2) is 0 Å². The van der Waals surface area contributed by atoms with Gasteiger partial charge in [0, 0.05) is 30.0 Å². The minimum atomic E-state index is -0.0656. The standard InChI is InChI=1S/C20H26N2O/c1-5-22(6-2)17-13-11-16(12-14-17)20(23)21-19-10-8-7-9-18(19)15(3)4/h7-15H,5-6H2,1-4H3,(H,21,23). The van der Waals surface area contributed by atoms with Gasteiger partial charge in [-0.05, 0) is 55.7 Å². The minimum Gasteiger partial charge on any atom is -0.372 e. The minimum absolute atomic E-state index is 0.0656. The Hall–Kier alpha value is -2.29. The van der Waals surface area contributed by atoms with E-state index in [0.29, 0.717) is 11.5 Å². The highest BCUT2D eigenvalue weighted by Gasteiger charge is 2.11. The van der Waals surface area contributed by atoms with Gasteiger partial charge in [0.2, 0.25) is 0 Å². The summed E-state index contributed by atoms with van der Waals surface area (Å²) in [6.45, 7) is 10.4. The number of nitrogens with one attached hydrogen (secondary N) is 1. The van der Waals surface area contributed by atoms with Gasteiger partial charge in [0.25, 0.3) is 5.91 Å². The lowest BCUT2D eigenvalue weighted by atomic mass is 10.0. The van der Waals surface area contributed by atoms with Crippen molar-refractivity contribution in [2.45, 2.75) is 33.6 Å². The lowest BCUT2D eigenvalue weighted by Gasteiger charge is -2.21. The molecule has 0 heterocycles. The van der Waals surface area contributed by atoms with Crippen LogP contribution in [-0.2, 0) is 0 Å². The number of para-hydroxylation sites is 1. The van der Waals surface area contributed by atoms with Crippen LogP contribution in [0.5, 0.6) is 0 Å². The molecule has 122 valence electrons. The van der Waals surface area contributed by atoms with Gasteiger partial charge < -0.3 is 10.2 Å². The van der Waals surface area contributed by atoms with Gasteiger partial charge in [-0.15, -0.1) is 0 Å². The van der Waals surface area contributed by atoms with Crippen molar-refractivity contribution in [1.82, 2.24) is 0 Å². The van der Waals surface area contributed by atoms with Crippen molar-refractivity contribution >= 4 is 17.3 Å². The molecule has 0 aromatic heterocycles. The largest absolute Gasteiger partial charge is 0.372 e. The quantitative estimate of drug-likeness (QED) is 0.822. The molecule has 1 amide bonds. The van der Waals surface area contributed by atoms with E-state index >= 15 is 0 Å². The summed E-state index contributed by atoms with van der Waals surface area (Å²) in [5.74, 6) is 0.306. The van der Waals surface area contributed by atoms with Crippen LogP contribution in [0.3, 0.4) is 0 Å². The molecule has 1 N–H and O–H groups in total. The van der Waals surface area contributed by atoms with Gasteiger partial charge in [-0.3, -0.25) is 4.79 Å². The van der Waals surface area contributed by atoms with Gasteiger partial charge >= 0.3 is 0 Å². The summed E-state index contributed by atoms with van der Waals surface area (Å²) in [5, 5.41) is 3.03. The maximum Gasteiger partial charge on any atom is 0.255 e. The van der Waals surface area contributed by atoms with E-state index in [2.05, 4.69) is 44.0 Å². The second-order valence-corrected chi connectivity index (χ2v) is 5.92. The molecule has 2 aromatic rings. The Morgan fingerprint density at radius 2 is 1.61 bits per heavy atom. The first-order chi connectivity index (χ1) is 11.1. The Morgan fingerprint density at radius 3 is 2.17 bits per heavy atom. The molecule has 0 fully saturated rings. The highest BCUT2D eigenvalue weighted by atomic mass is 16.1. The van der Waals surface area contributed by atoms with Gasteiger partial charge in [0.05, 0.1) is 0 Å². The first kappa shape index (κ1) is 17.1. The lowest BCUT2D eigenvalue weighted by Crippen LogP contribution is -2.22. The first-order valence-corrected chi connectivity index (χ1v) is 8.32. The number of benzene rings is 2. The molecule has 0 bridgehead atoms. The van der Waals surface area contributed by atoms with E-state index in [-0.39, 0.29) is 5.91 Å². The summed E-state index contributed by atoms with van der Waals surface area (Å²) < 4.78 is 0. The summed E-state index contributed by atoms with van der Waals surface area (Å²) in [6.07, 6.45) is 0. The van der Waals surface area contributed by atoms with Gasteiger partial charge in [-0.2, -0.15) is 0 Å². The van der Waals surface area contributed by atoms with Crippen LogP contribution >= 0.6 is 0 Å². The third-order valence-electron chi connectivity index (χ3n) is 4.09. The zero-order valence-electron chi connectivity index (χ0n) is 14.5. The van der Waals surface area contributed by atoms with E-state index < -0.39 is 0 Å². The molecule has 0 aliphatic heterocycles. The van der Waals surface area contributed by atoms with Crippen molar-refractivity contribution in [3.05, 3.63) is 59.7 Å². The van der Waals surface area contributed by atoms with E-state index in [4.69, 9.17) is 0 Å². The van der Waals surface area contributed by atoms with Crippen LogP contribution in [0.15, 0.2) is 48.5 Å². The van der Waals surface area contributed by atoms with Crippen LogP contribution in [0.2, 0.25) is 0 Å². The monoisotopic (exact) mass is 310 g/mol. The highest BCUT2D eigenvalue weighted by molar-refractivity contribution is 6.04. The molecule has 0 saturated heterocycles. The third-order valence-corrected chi connectivity index (χ3v) is 4.09. The van der Waals surface area contributed by atoms with E-state index in [1.165, 1.54) is 0 Å². The van der Waals surface area contributed by atoms with Crippen LogP contribution in [0.25, 0.3) is 0 Å². The molecular formula is C20H26N2O. The van der Waals surface area contributed by atoms with Crippen molar-refractivity contribution < 1.29 is 4.79 Å². The molecule has 2 aromatic carbocycles. The van der Waals surface area contributed by atoms with Crippen LogP contribution in [0.4, 0.5) is 11.4 Å². The number of hydrogen-bond acceptors (Lipinski definition) is 2. The predicted octanol–water partition coefficient (Wildman–Crippen LogP) is 4.91. The molecule has 0 aliphatic rings. The van der Waals surface area contributed by atoms with E-state index in [1.807, 2.05) is 42.5 Å². The fraction of sp³-hybridized carbons (Fsp3) is 0.350. The van der Waals surface area contributed by atoms with E-state index in [0.717, 1.165) is 30.0 Å². The second-order valence-electron chi connectivity index (χ2n) is 5.92. The number of hydrogen-bond donors (Lipinski definition) is 1. The van der Waals surface area contributed by atoms with Crippen molar-refractivity contribution in [2.24, 2.45) is 0 Å². The fourth-order valence-corrected chi connectivity index (χ4v) is 2.72. The normalized spacial score (nSPS) is 10.7. The third kappa shape index (κ3) is 4.13. The number of anilines is 2. The molecule has 0 aliphatic carbocycles. The van der Waals surface area contributed by atoms with Crippen LogP contribution in [0.1, 0.15) is 49.5 Å². The molecule has 0 unspecified atom stereocenters. The maximum absolute atomic E-state index is 12.5. The van der Waals surface area contributed by atoms with Crippen molar-refractivity contribution in [3.63, 3.8) is 0 Å². The zero-order chi connectivity index (χ0) is 16.8. The molecule has 0 radical (unpaired) electrons. The Morgan fingerprint density at radius 1 is 1.00 bits per heavy atom. The summed E-state index contributed by atoms with van der Waals surface area (Å²) in [5.41, 5.74) is 3.87. The van der Waals surface area contributed by atoms with Crippen molar-refractivity contribution in [1.29, 1.82) is 0 Å². The molecular weight excluding hydrogens is 284 g/mol. The molecule has 2 rings (SSSR count). The molecule has 0 spiro atoms. The molecule has 0 saturated carbocycles. The fourth-order valence-electron chi connectivity index (χ4n) is 2.72. The first-order valence-electron chi connectivity index (χ1n) is 8.32. The molecule has 3 nitrogen and oxygen atoms in total. The van der Waals surface area contributed by atoms with Crippen molar-refractivity contribution in [2.75, 3.05) is 23.3 Å². The number of amides is 1. The predicted molar refractivity (Wildman–Crippen MR) is 98.5 cm³/mol. The van der Waals surface area contributed by atoms with Crippen LogP contribution < -0.4 is 10.2 Å². The zero-order valence-corrected chi connectivity index (χ0v) is 14.5. The van der Waals surface area contributed by atoms with Gasteiger partial charge in [-0.1, -0.05) is 32.0 Å². The summed E-state index contributed by atoms with van der Waals surface area (Å²) >= 11 is 0. The Balaban J connectivity index is 2.15.